The maximum absolute atomic E-state index is 10.6. The third-order valence-electron chi connectivity index (χ3n) is 2.13. The van der Waals surface area contributed by atoms with Crippen LogP contribution >= 0.6 is 0 Å². The first-order valence-electron chi connectivity index (χ1n) is 4.36. The van der Waals surface area contributed by atoms with E-state index in [1.165, 1.54) is 0 Å². The van der Waals surface area contributed by atoms with E-state index >= 15 is 0 Å². The maximum Gasteiger partial charge on any atom is 0.270 e. The van der Waals surface area contributed by atoms with Crippen LogP contribution in [0.2, 0.25) is 0 Å². The molecule has 0 unspecified atom stereocenters. The lowest BCUT2D eigenvalue weighted by Crippen LogP contribution is -2.12. The Morgan fingerprint density at radius 3 is 1.93 bits per heavy atom. The van der Waals surface area contributed by atoms with Crippen molar-refractivity contribution in [3.05, 3.63) is 33.4 Å². The van der Waals surface area contributed by atoms with Gasteiger partial charge in [0.1, 0.15) is 0 Å². The predicted molar refractivity (Wildman–Crippen MR) is 56.9 cm³/mol. The van der Waals surface area contributed by atoms with Crippen LogP contribution in [-0.2, 0) is 0 Å². The van der Waals surface area contributed by atoms with Crippen LogP contribution in [0.25, 0.3) is 0 Å². The summed E-state index contributed by atoms with van der Waals surface area (Å²) in [5.74, 6) is 0. The Hall–Kier alpha value is -1.58. The minimum Gasteiger partial charge on any atom is -0.377 e. The molecule has 0 heterocycles. The first-order valence-corrected chi connectivity index (χ1v) is 4.36. The van der Waals surface area contributed by atoms with Gasteiger partial charge in [0.25, 0.3) is 5.69 Å². The van der Waals surface area contributed by atoms with Crippen molar-refractivity contribution in [3.8, 4) is 0 Å². The summed E-state index contributed by atoms with van der Waals surface area (Å²) in [6.07, 6.45) is 0. The summed E-state index contributed by atoms with van der Waals surface area (Å²) in [7, 11) is 3.86. The zero-order chi connectivity index (χ0) is 10.9. The van der Waals surface area contributed by atoms with Gasteiger partial charge in [0, 0.05) is 31.9 Å². The standard InChI is InChI=1S/C10H14N2O2/c1-7-5-9(12(13)14)6-8(2)10(7)11(3)4/h5-6H,1-4H3. The Bertz CT molecular complexity index is 349. The van der Waals surface area contributed by atoms with Crippen LogP contribution in [-0.4, -0.2) is 19.0 Å². The van der Waals surface area contributed by atoms with Crippen LogP contribution < -0.4 is 4.90 Å². The Morgan fingerprint density at radius 1 is 1.21 bits per heavy atom. The minimum atomic E-state index is -0.362. The van der Waals surface area contributed by atoms with Crippen LogP contribution in [0.15, 0.2) is 12.1 Å². The second-order valence-corrected chi connectivity index (χ2v) is 3.58. The Morgan fingerprint density at radius 2 is 1.64 bits per heavy atom. The molecule has 76 valence electrons. The second-order valence-electron chi connectivity index (χ2n) is 3.58. The molecule has 0 aromatic heterocycles. The van der Waals surface area contributed by atoms with Crippen LogP contribution in [0.3, 0.4) is 0 Å². The Balaban J connectivity index is 3.32. The van der Waals surface area contributed by atoms with Gasteiger partial charge in [0.05, 0.1) is 4.92 Å². The van der Waals surface area contributed by atoms with Crippen molar-refractivity contribution < 1.29 is 4.92 Å². The number of anilines is 1. The topological polar surface area (TPSA) is 46.4 Å². The summed E-state index contributed by atoms with van der Waals surface area (Å²) in [5, 5.41) is 10.6. The molecule has 0 atom stereocenters. The molecule has 0 radical (unpaired) electrons. The van der Waals surface area contributed by atoms with E-state index in [2.05, 4.69) is 0 Å². The first kappa shape index (κ1) is 10.5. The van der Waals surface area contributed by atoms with E-state index in [-0.39, 0.29) is 10.6 Å². The molecule has 0 aliphatic carbocycles. The number of hydrogen-bond acceptors (Lipinski definition) is 3. The van der Waals surface area contributed by atoms with Crippen molar-refractivity contribution in [2.24, 2.45) is 0 Å². The lowest BCUT2D eigenvalue weighted by atomic mass is 10.1. The van der Waals surface area contributed by atoms with Crippen LogP contribution in [0, 0.1) is 24.0 Å². The zero-order valence-corrected chi connectivity index (χ0v) is 8.87. The predicted octanol–water partition coefficient (Wildman–Crippen LogP) is 2.28. The maximum atomic E-state index is 10.6. The van der Waals surface area contributed by atoms with E-state index in [1.807, 2.05) is 32.8 Å². The highest BCUT2D eigenvalue weighted by Crippen LogP contribution is 2.27. The number of nitro groups is 1. The summed E-state index contributed by atoms with van der Waals surface area (Å²) in [4.78, 5) is 12.2. The van der Waals surface area contributed by atoms with Crippen molar-refractivity contribution in [1.82, 2.24) is 0 Å². The molecule has 4 heteroatoms. The number of non-ortho nitro benzene ring substituents is 1. The molecular formula is C10H14N2O2. The SMILES string of the molecule is Cc1cc([N+](=O)[O-])cc(C)c1N(C)C. The van der Waals surface area contributed by atoms with Gasteiger partial charge >= 0.3 is 0 Å². The Labute approximate surface area is 83.3 Å². The van der Waals surface area contributed by atoms with Gasteiger partial charge < -0.3 is 4.90 Å². The van der Waals surface area contributed by atoms with Gasteiger partial charge in [0.2, 0.25) is 0 Å². The largest absolute Gasteiger partial charge is 0.377 e. The van der Waals surface area contributed by atoms with Gasteiger partial charge in [-0.15, -0.1) is 0 Å². The normalized spacial score (nSPS) is 10.0. The molecule has 0 saturated heterocycles. The minimum absolute atomic E-state index is 0.158. The molecule has 0 aliphatic heterocycles. The summed E-state index contributed by atoms with van der Waals surface area (Å²) >= 11 is 0. The number of nitrogens with zero attached hydrogens (tertiary/aromatic N) is 2. The molecule has 0 N–H and O–H groups in total. The lowest BCUT2D eigenvalue weighted by molar-refractivity contribution is -0.384. The van der Waals surface area contributed by atoms with E-state index in [4.69, 9.17) is 0 Å². The fraction of sp³-hybridized carbons (Fsp3) is 0.400. The third kappa shape index (κ3) is 1.84. The van der Waals surface area contributed by atoms with E-state index < -0.39 is 0 Å². The van der Waals surface area contributed by atoms with Crippen LogP contribution in [0.5, 0.6) is 0 Å². The lowest BCUT2D eigenvalue weighted by Gasteiger charge is -2.18. The average molecular weight is 194 g/mol. The number of nitro benzene ring substituents is 1. The monoisotopic (exact) mass is 194 g/mol. The molecule has 4 nitrogen and oxygen atoms in total. The van der Waals surface area contributed by atoms with E-state index in [0.29, 0.717) is 0 Å². The highest BCUT2D eigenvalue weighted by atomic mass is 16.6. The number of hydrogen-bond donors (Lipinski definition) is 0. The molecule has 0 fully saturated rings. The Kier molecular flexibility index (Phi) is 2.74. The summed E-state index contributed by atoms with van der Waals surface area (Å²) in [5.41, 5.74) is 3.07. The van der Waals surface area contributed by atoms with Gasteiger partial charge in [0.15, 0.2) is 0 Å². The smallest absolute Gasteiger partial charge is 0.270 e. The molecule has 1 aromatic carbocycles. The molecular weight excluding hydrogens is 180 g/mol. The van der Waals surface area contributed by atoms with Crippen molar-refractivity contribution >= 4 is 11.4 Å². The highest BCUT2D eigenvalue weighted by Gasteiger charge is 2.12. The quantitative estimate of drug-likeness (QED) is 0.536. The molecule has 0 bridgehead atoms. The number of aryl methyl sites for hydroxylation is 2. The van der Waals surface area contributed by atoms with Gasteiger partial charge in [-0.05, 0) is 25.0 Å². The van der Waals surface area contributed by atoms with Crippen molar-refractivity contribution in [2.75, 3.05) is 19.0 Å². The van der Waals surface area contributed by atoms with E-state index in [0.717, 1.165) is 16.8 Å². The van der Waals surface area contributed by atoms with Gasteiger partial charge in [-0.2, -0.15) is 0 Å². The highest BCUT2D eigenvalue weighted by molar-refractivity contribution is 5.62. The molecule has 1 aromatic rings. The molecule has 14 heavy (non-hydrogen) atoms. The second kappa shape index (κ2) is 3.65. The molecule has 1 rings (SSSR count). The fourth-order valence-corrected chi connectivity index (χ4v) is 1.74. The van der Waals surface area contributed by atoms with E-state index in [1.54, 1.807) is 12.1 Å². The first-order chi connectivity index (χ1) is 6.43. The molecule has 0 spiro atoms. The van der Waals surface area contributed by atoms with Crippen LogP contribution in [0.1, 0.15) is 11.1 Å². The third-order valence-corrected chi connectivity index (χ3v) is 2.13. The molecule has 0 aliphatic rings. The summed E-state index contributed by atoms with van der Waals surface area (Å²) in [6.45, 7) is 3.77. The van der Waals surface area contributed by atoms with Gasteiger partial charge in [-0.25, -0.2) is 0 Å². The van der Waals surface area contributed by atoms with Gasteiger partial charge in [-0.1, -0.05) is 0 Å². The molecule has 0 saturated carbocycles. The average Bonchev–Trinajstić information content (AvgIpc) is 2.01. The molecule has 0 amide bonds. The number of benzene rings is 1. The van der Waals surface area contributed by atoms with Crippen molar-refractivity contribution in [1.29, 1.82) is 0 Å². The zero-order valence-electron chi connectivity index (χ0n) is 8.87. The fourth-order valence-electron chi connectivity index (χ4n) is 1.74. The summed E-state index contributed by atoms with van der Waals surface area (Å²) < 4.78 is 0. The van der Waals surface area contributed by atoms with Crippen molar-refractivity contribution in [2.45, 2.75) is 13.8 Å². The van der Waals surface area contributed by atoms with Gasteiger partial charge in [-0.3, -0.25) is 10.1 Å². The van der Waals surface area contributed by atoms with E-state index in [9.17, 15) is 10.1 Å². The number of rotatable bonds is 2. The summed E-state index contributed by atoms with van der Waals surface area (Å²) in [6, 6.07) is 3.20. The van der Waals surface area contributed by atoms with Crippen LogP contribution in [0.4, 0.5) is 11.4 Å². The van der Waals surface area contributed by atoms with Crippen molar-refractivity contribution in [3.63, 3.8) is 0 Å².